The van der Waals surface area contributed by atoms with Crippen molar-refractivity contribution in [2.75, 3.05) is 7.05 Å². The van der Waals surface area contributed by atoms with Crippen molar-refractivity contribution in [2.45, 2.75) is 13.3 Å². The summed E-state index contributed by atoms with van der Waals surface area (Å²) in [5, 5.41) is 0. The zero-order valence-electron chi connectivity index (χ0n) is 5.89. The van der Waals surface area contributed by atoms with E-state index in [1.807, 2.05) is 6.92 Å². The average molecular weight is 121 g/mol. The molecule has 0 aliphatic rings. The Balaban J connectivity index is 4.02. The van der Waals surface area contributed by atoms with Crippen LogP contribution in [0.4, 0.5) is 0 Å². The van der Waals surface area contributed by atoms with E-state index in [4.69, 9.17) is 6.42 Å². The molecule has 0 rings (SSSR count). The van der Waals surface area contributed by atoms with E-state index in [1.54, 1.807) is 19.3 Å². The molecular weight excluding hydrogens is 110 g/mol. The molecule has 0 aromatic carbocycles. The van der Waals surface area contributed by atoms with Crippen molar-refractivity contribution in [2.24, 2.45) is 4.99 Å². The van der Waals surface area contributed by atoms with Crippen LogP contribution < -0.4 is 0 Å². The molecule has 1 heteroatoms. The van der Waals surface area contributed by atoms with Gasteiger partial charge in [0, 0.05) is 13.3 Å². The molecule has 1 nitrogen and oxygen atoms in total. The van der Waals surface area contributed by atoms with Crippen LogP contribution in [0.2, 0.25) is 0 Å². The number of aliphatic imine (C=N–C) groups is 1. The lowest BCUT2D eigenvalue weighted by atomic mass is 10.2. The van der Waals surface area contributed by atoms with E-state index in [1.165, 1.54) is 0 Å². The maximum absolute atomic E-state index is 5.05. The predicted molar refractivity (Wildman–Crippen MR) is 41.6 cm³/mol. The van der Waals surface area contributed by atoms with Gasteiger partial charge in [-0.15, -0.1) is 6.42 Å². The minimum absolute atomic E-state index is 0.946. The Morgan fingerprint density at radius 2 is 2.44 bits per heavy atom. The van der Waals surface area contributed by atoms with E-state index >= 15 is 0 Å². The first kappa shape index (κ1) is 7.97. The van der Waals surface area contributed by atoms with Gasteiger partial charge in [0.15, 0.2) is 0 Å². The molecule has 0 heterocycles. The first-order valence-electron chi connectivity index (χ1n) is 2.92. The maximum atomic E-state index is 5.05. The summed E-state index contributed by atoms with van der Waals surface area (Å²) in [6.45, 7) is 2.05. The summed E-state index contributed by atoms with van der Waals surface area (Å²) < 4.78 is 0. The lowest BCUT2D eigenvalue weighted by Gasteiger charge is -1.88. The van der Waals surface area contributed by atoms with Crippen molar-refractivity contribution in [1.82, 2.24) is 0 Å². The highest BCUT2D eigenvalue weighted by molar-refractivity contribution is 5.78. The molecule has 0 saturated carbocycles. The molecular formula is C8H11N. The van der Waals surface area contributed by atoms with Crippen molar-refractivity contribution in [3.63, 3.8) is 0 Å². The van der Waals surface area contributed by atoms with Crippen molar-refractivity contribution in [3.8, 4) is 12.3 Å². The van der Waals surface area contributed by atoms with Gasteiger partial charge in [-0.1, -0.05) is 12.8 Å². The van der Waals surface area contributed by atoms with Crippen LogP contribution in [0.1, 0.15) is 13.3 Å². The van der Waals surface area contributed by atoms with Crippen LogP contribution in [0, 0.1) is 12.3 Å². The Morgan fingerprint density at radius 3 is 2.78 bits per heavy atom. The van der Waals surface area contributed by atoms with Gasteiger partial charge in [0.05, 0.1) is 0 Å². The van der Waals surface area contributed by atoms with E-state index in [0.717, 1.165) is 12.0 Å². The number of rotatable bonds is 2. The fraction of sp³-hybridized carbons (Fsp3) is 0.375. The molecule has 0 aromatic heterocycles. The predicted octanol–water partition coefficient (Wildman–Crippen LogP) is 1.66. The van der Waals surface area contributed by atoms with Crippen molar-refractivity contribution < 1.29 is 0 Å². The summed E-state index contributed by atoms with van der Waals surface area (Å²) in [5.41, 5.74) is 1.10. The van der Waals surface area contributed by atoms with Gasteiger partial charge in [0.2, 0.25) is 0 Å². The van der Waals surface area contributed by atoms with Crippen LogP contribution in [-0.4, -0.2) is 13.3 Å². The fourth-order valence-corrected chi connectivity index (χ4v) is 0.503. The molecule has 0 aromatic rings. The summed E-state index contributed by atoms with van der Waals surface area (Å²) in [4.78, 5) is 3.84. The van der Waals surface area contributed by atoms with E-state index in [9.17, 15) is 0 Å². The quantitative estimate of drug-likeness (QED) is 0.389. The second-order valence-electron chi connectivity index (χ2n) is 1.63. The second kappa shape index (κ2) is 5.11. The molecule has 0 unspecified atom stereocenters. The molecule has 0 atom stereocenters. The second-order valence-corrected chi connectivity index (χ2v) is 1.63. The van der Waals surface area contributed by atoms with Gasteiger partial charge in [-0.05, 0) is 18.1 Å². The Morgan fingerprint density at radius 1 is 1.78 bits per heavy atom. The Hall–Kier alpha value is -1.03. The molecule has 0 aliphatic carbocycles. The van der Waals surface area contributed by atoms with Crippen LogP contribution in [0.25, 0.3) is 0 Å². The molecule has 0 radical (unpaired) electrons. The standard InChI is InChI=1S/C8H11N/c1-4-6-8(5-2)7-9-3/h1,6-7H,5H2,2-3H3/b8-6-,9-7?. The van der Waals surface area contributed by atoms with Crippen LogP contribution in [0.3, 0.4) is 0 Å². The van der Waals surface area contributed by atoms with Gasteiger partial charge < -0.3 is 0 Å². The third-order valence-electron chi connectivity index (χ3n) is 0.972. The number of nitrogens with zero attached hydrogens (tertiary/aromatic N) is 1. The molecule has 0 N–H and O–H groups in total. The molecule has 9 heavy (non-hydrogen) atoms. The van der Waals surface area contributed by atoms with E-state index in [-0.39, 0.29) is 0 Å². The molecule has 0 spiro atoms. The lowest BCUT2D eigenvalue weighted by molar-refractivity contribution is 1.18. The topological polar surface area (TPSA) is 12.4 Å². The Labute approximate surface area is 56.5 Å². The SMILES string of the molecule is C#C/C=C(\C=NC)CC. The zero-order chi connectivity index (χ0) is 7.11. The smallest absolute Gasteiger partial charge is 0.0277 e. The first-order chi connectivity index (χ1) is 4.35. The number of hydrogen-bond acceptors (Lipinski definition) is 1. The monoisotopic (exact) mass is 121 g/mol. The molecule has 0 bridgehead atoms. The highest BCUT2D eigenvalue weighted by atomic mass is 14.6. The normalized spacial score (nSPS) is 11.9. The minimum atomic E-state index is 0.946. The van der Waals surface area contributed by atoms with Crippen LogP contribution in [0.5, 0.6) is 0 Å². The maximum Gasteiger partial charge on any atom is 0.0277 e. The van der Waals surface area contributed by atoms with E-state index in [2.05, 4.69) is 10.9 Å². The molecule has 0 amide bonds. The highest BCUT2D eigenvalue weighted by Gasteiger charge is 1.82. The lowest BCUT2D eigenvalue weighted by Crippen LogP contribution is -1.79. The van der Waals surface area contributed by atoms with Crippen molar-refractivity contribution >= 4 is 6.21 Å². The van der Waals surface area contributed by atoms with Gasteiger partial charge in [0.25, 0.3) is 0 Å². The van der Waals surface area contributed by atoms with E-state index < -0.39 is 0 Å². The molecule has 0 fully saturated rings. The van der Waals surface area contributed by atoms with Gasteiger partial charge in [-0.2, -0.15) is 0 Å². The van der Waals surface area contributed by atoms with Gasteiger partial charge in [-0.25, -0.2) is 0 Å². The fourth-order valence-electron chi connectivity index (χ4n) is 0.503. The van der Waals surface area contributed by atoms with Gasteiger partial charge in [0.1, 0.15) is 0 Å². The van der Waals surface area contributed by atoms with Crippen molar-refractivity contribution in [1.29, 1.82) is 0 Å². The Kier molecular flexibility index (Phi) is 4.53. The largest absolute Gasteiger partial charge is 0.296 e. The minimum Gasteiger partial charge on any atom is -0.296 e. The van der Waals surface area contributed by atoms with Gasteiger partial charge >= 0.3 is 0 Å². The summed E-state index contributed by atoms with van der Waals surface area (Å²) in [7, 11) is 1.74. The molecule has 0 saturated heterocycles. The number of hydrogen-bond donors (Lipinski definition) is 0. The number of allylic oxidation sites excluding steroid dienone is 2. The molecule has 0 aliphatic heterocycles. The van der Waals surface area contributed by atoms with Crippen molar-refractivity contribution in [3.05, 3.63) is 11.6 Å². The summed E-state index contributed by atoms with van der Waals surface area (Å²) in [6.07, 6.45) is 9.50. The molecule has 48 valence electrons. The highest BCUT2D eigenvalue weighted by Crippen LogP contribution is 1.94. The number of terminal acetylenes is 1. The van der Waals surface area contributed by atoms with Gasteiger partial charge in [-0.3, -0.25) is 4.99 Å². The van der Waals surface area contributed by atoms with Crippen LogP contribution >= 0.6 is 0 Å². The van der Waals surface area contributed by atoms with E-state index in [0.29, 0.717) is 0 Å². The van der Waals surface area contributed by atoms with Crippen LogP contribution in [0.15, 0.2) is 16.6 Å². The third kappa shape index (κ3) is 3.54. The average Bonchev–Trinajstić information content (AvgIpc) is 1.88. The van der Waals surface area contributed by atoms with Crippen LogP contribution in [-0.2, 0) is 0 Å². The third-order valence-corrected chi connectivity index (χ3v) is 0.972. The zero-order valence-corrected chi connectivity index (χ0v) is 5.89. The Bertz CT molecular complexity index is 158. The summed E-state index contributed by atoms with van der Waals surface area (Å²) >= 11 is 0. The summed E-state index contributed by atoms with van der Waals surface area (Å²) in [6, 6.07) is 0. The first-order valence-corrected chi connectivity index (χ1v) is 2.92. The summed E-state index contributed by atoms with van der Waals surface area (Å²) in [5.74, 6) is 2.45.